The van der Waals surface area contributed by atoms with Gasteiger partial charge in [0, 0.05) is 13.1 Å². The molecule has 23 heavy (non-hydrogen) atoms. The van der Waals surface area contributed by atoms with Crippen molar-refractivity contribution in [3.8, 4) is 0 Å². The Hall–Kier alpha value is -1.87. The van der Waals surface area contributed by atoms with Gasteiger partial charge in [-0.05, 0) is 12.8 Å². The van der Waals surface area contributed by atoms with Crippen LogP contribution in [0.15, 0.2) is 17.9 Å². The van der Waals surface area contributed by atoms with Crippen LogP contribution in [0.1, 0.15) is 12.8 Å². The lowest BCUT2D eigenvalue weighted by molar-refractivity contribution is -0.0633. The number of halogens is 1. The first-order valence-corrected chi connectivity index (χ1v) is 8.50. The van der Waals surface area contributed by atoms with Gasteiger partial charge in [0.2, 0.25) is 11.1 Å². The molecule has 4 rings (SSSR count). The van der Waals surface area contributed by atoms with Crippen molar-refractivity contribution < 1.29 is 9.13 Å². The summed E-state index contributed by atoms with van der Waals surface area (Å²) >= 11 is 1.54. The zero-order valence-corrected chi connectivity index (χ0v) is 13.4. The molecule has 2 aromatic rings. The van der Waals surface area contributed by atoms with Crippen molar-refractivity contribution >= 4 is 22.4 Å². The molecule has 2 saturated heterocycles. The molecule has 0 bridgehead atoms. The van der Waals surface area contributed by atoms with E-state index in [-0.39, 0.29) is 5.60 Å². The fourth-order valence-corrected chi connectivity index (χ4v) is 3.89. The Bertz CT molecular complexity index is 650. The monoisotopic (exact) mass is 336 g/mol. The van der Waals surface area contributed by atoms with Crippen molar-refractivity contribution in [1.82, 2.24) is 20.2 Å². The second-order valence-corrected chi connectivity index (χ2v) is 6.71. The fourth-order valence-electron chi connectivity index (χ4n) is 3.30. The number of morpholine rings is 1. The number of ether oxygens (including phenoxy) is 1. The molecule has 0 aromatic carbocycles. The van der Waals surface area contributed by atoms with Crippen molar-refractivity contribution in [2.24, 2.45) is 0 Å². The Labute approximate surface area is 137 Å². The molecule has 9 heteroatoms. The summed E-state index contributed by atoms with van der Waals surface area (Å²) in [6, 6.07) is 0. The molecule has 2 fully saturated rings. The smallest absolute Gasteiger partial charge is 0.225 e. The summed E-state index contributed by atoms with van der Waals surface area (Å²) in [4.78, 5) is 12.5. The first-order chi connectivity index (χ1) is 11.2. The predicted molar refractivity (Wildman–Crippen MR) is 84.2 cm³/mol. The number of aromatic nitrogens is 4. The van der Waals surface area contributed by atoms with Crippen LogP contribution in [0.25, 0.3) is 0 Å². The molecule has 0 saturated carbocycles. The highest BCUT2D eigenvalue weighted by Gasteiger charge is 2.41. The van der Waals surface area contributed by atoms with Gasteiger partial charge in [-0.15, -0.1) is 10.2 Å². The molecular weight excluding hydrogens is 319 g/mol. The largest absolute Gasteiger partial charge is 0.369 e. The van der Waals surface area contributed by atoms with Gasteiger partial charge in [0.25, 0.3) is 0 Å². The summed E-state index contributed by atoms with van der Waals surface area (Å²) in [6.45, 7) is 3.78. The average molecular weight is 336 g/mol. The van der Waals surface area contributed by atoms with E-state index in [0.29, 0.717) is 25.6 Å². The Morgan fingerprint density at radius 1 is 1.17 bits per heavy atom. The highest BCUT2D eigenvalue weighted by molar-refractivity contribution is 7.13. The number of hydrogen-bond acceptors (Lipinski definition) is 8. The summed E-state index contributed by atoms with van der Waals surface area (Å²) in [5.74, 6) is 0.138. The standard InChI is InChI=1S/C14H17FN6OS/c15-11-6-16-12(17-7-11)20-4-5-22-14(8-20)2-1-3-21(9-14)13-19-18-10-23-13/h6-7,10H,1-5,8-9H2/t14-/m1/s1. The van der Waals surface area contributed by atoms with Crippen molar-refractivity contribution in [3.63, 3.8) is 0 Å². The van der Waals surface area contributed by atoms with Crippen molar-refractivity contribution in [1.29, 1.82) is 0 Å². The third-order valence-corrected chi connectivity index (χ3v) is 5.05. The fraction of sp³-hybridized carbons (Fsp3) is 0.571. The van der Waals surface area contributed by atoms with Gasteiger partial charge in [-0.2, -0.15) is 0 Å². The molecule has 4 heterocycles. The SMILES string of the molecule is Fc1cnc(N2CCO[C@]3(CCCN(c4nncs4)C3)C2)nc1. The van der Waals surface area contributed by atoms with E-state index >= 15 is 0 Å². The third-order valence-electron chi connectivity index (χ3n) is 4.30. The van der Waals surface area contributed by atoms with Gasteiger partial charge in [-0.3, -0.25) is 0 Å². The first kappa shape index (κ1) is 14.7. The Balaban J connectivity index is 1.52. The van der Waals surface area contributed by atoms with Crippen LogP contribution in [0.2, 0.25) is 0 Å². The van der Waals surface area contributed by atoms with Crippen LogP contribution in [0.5, 0.6) is 0 Å². The zero-order chi connectivity index (χ0) is 15.7. The minimum absolute atomic E-state index is 0.264. The number of piperidine rings is 1. The van der Waals surface area contributed by atoms with E-state index in [9.17, 15) is 4.39 Å². The minimum atomic E-state index is -0.420. The molecule has 0 radical (unpaired) electrons. The summed E-state index contributed by atoms with van der Waals surface area (Å²) in [6.07, 6.45) is 4.44. The van der Waals surface area contributed by atoms with Gasteiger partial charge in [0.15, 0.2) is 5.82 Å². The number of anilines is 2. The summed E-state index contributed by atoms with van der Waals surface area (Å²) in [5, 5.41) is 9.02. The van der Waals surface area contributed by atoms with Gasteiger partial charge < -0.3 is 14.5 Å². The molecule has 0 aliphatic carbocycles. The molecule has 0 unspecified atom stereocenters. The lowest BCUT2D eigenvalue weighted by atomic mass is 9.91. The Morgan fingerprint density at radius 2 is 2.00 bits per heavy atom. The maximum atomic E-state index is 13.0. The van der Waals surface area contributed by atoms with Crippen LogP contribution in [-0.4, -0.2) is 58.6 Å². The van der Waals surface area contributed by atoms with Gasteiger partial charge in [-0.25, -0.2) is 14.4 Å². The van der Waals surface area contributed by atoms with Crippen LogP contribution < -0.4 is 9.80 Å². The molecule has 122 valence electrons. The lowest BCUT2D eigenvalue weighted by Crippen LogP contribution is -2.60. The molecule has 1 spiro atoms. The van der Waals surface area contributed by atoms with Crippen LogP contribution in [0.4, 0.5) is 15.5 Å². The summed E-state index contributed by atoms with van der Waals surface area (Å²) < 4.78 is 19.2. The van der Waals surface area contributed by atoms with Crippen molar-refractivity contribution in [2.45, 2.75) is 18.4 Å². The van der Waals surface area contributed by atoms with Crippen LogP contribution in [-0.2, 0) is 4.74 Å². The third kappa shape index (κ3) is 2.98. The molecular formula is C14H17FN6OS. The quantitative estimate of drug-likeness (QED) is 0.820. The molecule has 7 nitrogen and oxygen atoms in total. The normalized spacial score (nSPS) is 25.1. The molecule has 2 aromatic heterocycles. The summed E-state index contributed by atoms with van der Waals surface area (Å²) in [7, 11) is 0. The van der Waals surface area contributed by atoms with E-state index in [1.165, 1.54) is 12.4 Å². The van der Waals surface area contributed by atoms with Gasteiger partial charge in [0.1, 0.15) is 11.1 Å². The van der Waals surface area contributed by atoms with Gasteiger partial charge >= 0.3 is 0 Å². The van der Waals surface area contributed by atoms with Crippen LogP contribution >= 0.6 is 11.3 Å². The maximum absolute atomic E-state index is 13.0. The second kappa shape index (κ2) is 5.97. The first-order valence-electron chi connectivity index (χ1n) is 7.62. The van der Waals surface area contributed by atoms with E-state index in [1.807, 2.05) is 0 Å². The minimum Gasteiger partial charge on any atom is -0.369 e. The van der Waals surface area contributed by atoms with Gasteiger partial charge in [-0.1, -0.05) is 11.3 Å². The van der Waals surface area contributed by atoms with Crippen molar-refractivity contribution in [2.75, 3.05) is 42.6 Å². The highest BCUT2D eigenvalue weighted by Crippen LogP contribution is 2.32. The predicted octanol–water partition coefficient (Wildman–Crippen LogP) is 1.34. The maximum Gasteiger partial charge on any atom is 0.225 e. The van der Waals surface area contributed by atoms with Crippen molar-refractivity contribution in [3.05, 3.63) is 23.7 Å². The Kier molecular flexibility index (Phi) is 3.82. The molecule has 2 aliphatic heterocycles. The molecule has 0 amide bonds. The average Bonchev–Trinajstić information content (AvgIpc) is 3.10. The topological polar surface area (TPSA) is 67.3 Å². The lowest BCUT2D eigenvalue weighted by Gasteiger charge is -2.47. The van der Waals surface area contributed by atoms with Crippen LogP contribution in [0.3, 0.4) is 0 Å². The number of hydrogen-bond donors (Lipinski definition) is 0. The number of rotatable bonds is 2. The van der Waals surface area contributed by atoms with E-state index in [0.717, 1.165) is 31.1 Å². The van der Waals surface area contributed by atoms with Gasteiger partial charge in [0.05, 0.1) is 32.1 Å². The van der Waals surface area contributed by atoms with Crippen LogP contribution in [0, 0.1) is 5.82 Å². The Morgan fingerprint density at radius 3 is 2.78 bits per heavy atom. The summed E-state index contributed by atoms with van der Waals surface area (Å²) in [5.41, 5.74) is 1.48. The van der Waals surface area contributed by atoms with E-state index in [1.54, 1.807) is 16.8 Å². The molecule has 0 N–H and O–H groups in total. The second-order valence-electron chi connectivity index (χ2n) is 5.90. The zero-order valence-electron chi connectivity index (χ0n) is 12.6. The van der Waals surface area contributed by atoms with E-state index in [4.69, 9.17) is 4.74 Å². The molecule has 2 aliphatic rings. The van der Waals surface area contributed by atoms with E-state index < -0.39 is 5.82 Å². The number of nitrogens with zero attached hydrogens (tertiary/aromatic N) is 6. The van der Waals surface area contributed by atoms with E-state index in [2.05, 4.69) is 30.0 Å². The highest BCUT2D eigenvalue weighted by atomic mass is 32.1. The molecule has 1 atom stereocenters.